The first-order valence-corrected chi connectivity index (χ1v) is 6.92. The fourth-order valence-corrected chi connectivity index (χ4v) is 2.26. The van der Waals surface area contributed by atoms with E-state index in [1.165, 1.54) is 0 Å². The summed E-state index contributed by atoms with van der Waals surface area (Å²) in [5, 5.41) is 15.6. The molecule has 0 bridgehead atoms. The maximum absolute atomic E-state index is 11.4. The minimum Gasteiger partial charge on any atom is -0.351 e. The van der Waals surface area contributed by atoms with Gasteiger partial charge < -0.3 is 10.6 Å². The predicted octanol–water partition coefficient (Wildman–Crippen LogP) is 1.70. The van der Waals surface area contributed by atoms with Gasteiger partial charge in [-0.3, -0.25) is 10.1 Å². The van der Waals surface area contributed by atoms with E-state index in [-0.39, 0.29) is 16.0 Å². The van der Waals surface area contributed by atoms with Crippen molar-refractivity contribution in [1.82, 2.24) is 9.78 Å². The van der Waals surface area contributed by atoms with Gasteiger partial charge >= 0.3 is 5.69 Å². The average molecular weight is 283 g/mol. The number of aryl methyl sites for hydroxylation is 2. The van der Waals surface area contributed by atoms with E-state index in [1.54, 1.807) is 11.7 Å². The highest BCUT2D eigenvalue weighted by Gasteiger charge is 2.31. The molecule has 0 aliphatic rings. The maximum atomic E-state index is 11.4. The van der Waals surface area contributed by atoms with Crippen LogP contribution in [0.15, 0.2) is 0 Å². The summed E-state index contributed by atoms with van der Waals surface area (Å²) in [4.78, 5) is 13.0. The molecule has 0 fully saturated rings. The van der Waals surface area contributed by atoms with Crippen molar-refractivity contribution in [1.29, 1.82) is 0 Å². The number of nitrogens with two attached hydrogens (primary N) is 1. The number of rotatable bonds is 7. The first kappa shape index (κ1) is 16.4. The molecule has 7 nitrogen and oxygen atoms in total. The SMILES string of the molecule is CCc1nn(C)c(N(CC)CC(C)(C)CN)c1[N+](=O)[O-]. The van der Waals surface area contributed by atoms with E-state index in [0.717, 1.165) is 0 Å². The van der Waals surface area contributed by atoms with Gasteiger partial charge in [0.1, 0.15) is 5.69 Å². The maximum Gasteiger partial charge on any atom is 0.334 e. The Kier molecular flexibility index (Phi) is 5.10. The highest BCUT2D eigenvalue weighted by Crippen LogP contribution is 2.33. The third-order valence-electron chi connectivity index (χ3n) is 3.43. The zero-order valence-corrected chi connectivity index (χ0v) is 13.0. The third kappa shape index (κ3) is 3.27. The monoisotopic (exact) mass is 283 g/mol. The number of anilines is 1. The summed E-state index contributed by atoms with van der Waals surface area (Å²) in [5.41, 5.74) is 6.30. The number of hydrogen-bond donors (Lipinski definition) is 1. The summed E-state index contributed by atoms with van der Waals surface area (Å²) in [6, 6.07) is 0. The van der Waals surface area contributed by atoms with Gasteiger partial charge in [0.25, 0.3) is 0 Å². The number of nitrogens with zero attached hydrogens (tertiary/aromatic N) is 4. The van der Waals surface area contributed by atoms with Crippen molar-refractivity contribution in [3.8, 4) is 0 Å². The smallest absolute Gasteiger partial charge is 0.334 e. The zero-order valence-electron chi connectivity index (χ0n) is 13.0. The molecule has 1 aromatic rings. The molecule has 7 heteroatoms. The van der Waals surface area contributed by atoms with E-state index >= 15 is 0 Å². The van der Waals surface area contributed by atoms with E-state index in [1.807, 2.05) is 18.7 Å². The van der Waals surface area contributed by atoms with Gasteiger partial charge in [0.15, 0.2) is 0 Å². The van der Waals surface area contributed by atoms with Crippen molar-refractivity contribution in [3.63, 3.8) is 0 Å². The first-order chi connectivity index (χ1) is 9.27. The van der Waals surface area contributed by atoms with Gasteiger partial charge in [-0.25, -0.2) is 4.68 Å². The molecule has 0 amide bonds. The number of aromatic nitrogens is 2. The Bertz CT molecular complexity index is 481. The third-order valence-corrected chi connectivity index (χ3v) is 3.43. The van der Waals surface area contributed by atoms with Crippen LogP contribution < -0.4 is 10.6 Å². The van der Waals surface area contributed by atoms with Crippen LogP contribution in [0.2, 0.25) is 0 Å². The van der Waals surface area contributed by atoms with Crippen molar-refractivity contribution < 1.29 is 4.92 Å². The summed E-state index contributed by atoms with van der Waals surface area (Å²) in [6.07, 6.45) is 0.544. The lowest BCUT2D eigenvalue weighted by molar-refractivity contribution is -0.384. The molecule has 0 radical (unpaired) electrons. The van der Waals surface area contributed by atoms with Crippen LogP contribution in [-0.4, -0.2) is 34.3 Å². The van der Waals surface area contributed by atoms with Crippen LogP contribution >= 0.6 is 0 Å². The summed E-state index contributed by atoms with van der Waals surface area (Å²) in [5.74, 6) is 0.566. The molecule has 1 rings (SSSR count). The van der Waals surface area contributed by atoms with E-state index in [0.29, 0.717) is 37.6 Å². The Labute approximate surface area is 119 Å². The van der Waals surface area contributed by atoms with Gasteiger partial charge in [-0.2, -0.15) is 5.10 Å². The molecule has 0 aromatic carbocycles. The fourth-order valence-electron chi connectivity index (χ4n) is 2.26. The fraction of sp³-hybridized carbons (Fsp3) is 0.769. The van der Waals surface area contributed by atoms with Gasteiger partial charge in [0, 0.05) is 20.1 Å². The number of hydrogen-bond acceptors (Lipinski definition) is 5. The van der Waals surface area contributed by atoms with E-state index in [4.69, 9.17) is 5.73 Å². The molecule has 1 aromatic heterocycles. The minimum absolute atomic E-state index is 0.111. The summed E-state index contributed by atoms with van der Waals surface area (Å²) in [6.45, 7) is 9.82. The highest BCUT2D eigenvalue weighted by atomic mass is 16.6. The molecule has 0 spiro atoms. The van der Waals surface area contributed by atoms with Crippen molar-refractivity contribution in [2.75, 3.05) is 24.5 Å². The van der Waals surface area contributed by atoms with Crippen LogP contribution in [0, 0.1) is 15.5 Å². The predicted molar refractivity (Wildman–Crippen MR) is 80.0 cm³/mol. The Morgan fingerprint density at radius 3 is 2.45 bits per heavy atom. The van der Waals surface area contributed by atoms with Crippen LogP contribution in [0.4, 0.5) is 11.5 Å². The molecule has 0 aliphatic heterocycles. The second kappa shape index (κ2) is 6.21. The van der Waals surface area contributed by atoms with Crippen LogP contribution in [-0.2, 0) is 13.5 Å². The summed E-state index contributed by atoms with van der Waals surface area (Å²) < 4.78 is 1.60. The molecule has 1 heterocycles. The van der Waals surface area contributed by atoms with Crippen LogP contribution in [0.1, 0.15) is 33.4 Å². The Balaban J connectivity index is 3.28. The normalized spacial score (nSPS) is 11.7. The van der Waals surface area contributed by atoms with Gasteiger partial charge in [-0.15, -0.1) is 0 Å². The average Bonchev–Trinajstić information content (AvgIpc) is 2.73. The lowest BCUT2D eigenvalue weighted by Crippen LogP contribution is -2.39. The number of nitro groups is 1. The van der Waals surface area contributed by atoms with Crippen molar-refractivity contribution >= 4 is 11.5 Å². The topological polar surface area (TPSA) is 90.2 Å². The van der Waals surface area contributed by atoms with Gasteiger partial charge in [0.05, 0.1) is 4.92 Å². The van der Waals surface area contributed by atoms with Crippen molar-refractivity contribution in [3.05, 3.63) is 15.8 Å². The molecule has 114 valence electrons. The molecule has 0 saturated carbocycles. The van der Waals surface area contributed by atoms with Crippen LogP contribution in [0.5, 0.6) is 0 Å². The lowest BCUT2D eigenvalue weighted by Gasteiger charge is -2.31. The Hall–Kier alpha value is -1.63. The zero-order chi connectivity index (χ0) is 15.5. The van der Waals surface area contributed by atoms with E-state index in [2.05, 4.69) is 18.9 Å². The van der Waals surface area contributed by atoms with Gasteiger partial charge in [-0.05, 0) is 25.3 Å². The Morgan fingerprint density at radius 2 is 2.05 bits per heavy atom. The Morgan fingerprint density at radius 1 is 1.45 bits per heavy atom. The standard InChI is InChI=1S/C13H25N5O2/c1-6-10-11(18(19)20)12(16(5)15-10)17(7-2)9-13(3,4)8-14/h6-9,14H2,1-5H3. The van der Waals surface area contributed by atoms with Gasteiger partial charge in [-0.1, -0.05) is 20.8 Å². The molecule has 20 heavy (non-hydrogen) atoms. The molecule has 0 atom stereocenters. The van der Waals surface area contributed by atoms with Gasteiger partial charge in [0.2, 0.25) is 5.82 Å². The second-order valence-electron chi connectivity index (χ2n) is 5.74. The minimum atomic E-state index is -0.334. The molecule has 2 N–H and O–H groups in total. The van der Waals surface area contributed by atoms with Crippen LogP contribution in [0.25, 0.3) is 0 Å². The summed E-state index contributed by atoms with van der Waals surface area (Å²) >= 11 is 0. The molecular formula is C13H25N5O2. The summed E-state index contributed by atoms with van der Waals surface area (Å²) in [7, 11) is 1.75. The largest absolute Gasteiger partial charge is 0.351 e. The molecule has 0 aliphatic carbocycles. The molecular weight excluding hydrogens is 258 g/mol. The second-order valence-corrected chi connectivity index (χ2v) is 5.74. The van der Waals surface area contributed by atoms with E-state index < -0.39 is 0 Å². The van der Waals surface area contributed by atoms with Crippen LogP contribution in [0.3, 0.4) is 0 Å². The first-order valence-electron chi connectivity index (χ1n) is 6.92. The molecule has 0 unspecified atom stereocenters. The van der Waals surface area contributed by atoms with E-state index in [9.17, 15) is 10.1 Å². The highest BCUT2D eigenvalue weighted by molar-refractivity contribution is 5.61. The van der Waals surface area contributed by atoms with Crippen molar-refractivity contribution in [2.24, 2.45) is 18.2 Å². The van der Waals surface area contributed by atoms with Crippen molar-refractivity contribution in [2.45, 2.75) is 34.1 Å². The quantitative estimate of drug-likeness (QED) is 0.607. The molecule has 0 saturated heterocycles. The lowest BCUT2D eigenvalue weighted by atomic mass is 9.93.